The molecular formula is C15H30N4O. The molecule has 2 rings (SSSR count). The first-order valence-corrected chi connectivity index (χ1v) is 7.84. The Bertz CT molecular complexity index is 339. The molecule has 1 aliphatic heterocycles. The molecule has 1 amide bonds. The highest BCUT2D eigenvalue weighted by Gasteiger charge is 2.44. The summed E-state index contributed by atoms with van der Waals surface area (Å²) in [5.41, 5.74) is 5.12. The van der Waals surface area contributed by atoms with Gasteiger partial charge in [0.05, 0.1) is 5.54 Å². The summed E-state index contributed by atoms with van der Waals surface area (Å²) >= 11 is 0. The number of hydrogen-bond acceptors (Lipinski definition) is 4. The van der Waals surface area contributed by atoms with Crippen LogP contribution in [0, 0.1) is 5.92 Å². The largest absolute Gasteiger partial charge is 0.368 e. The quantitative estimate of drug-likeness (QED) is 0.759. The van der Waals surface area contributed by atoms with E-state index in [1.54, 1.807) is 0 Å². The van der Waals surface area contributed by atoms with E-state index < -0.39 is 5.54 Å². The molecule has 5 nitrogen and oxygen atoms in total. The minimum Gasteiger partial charge on any atom is -0.368 e. The topological polar surface area (TPSA) is 61.6 Å². The number of carbonyl (C=O) groups is 1. The molecule has 2 aliphatic rings. The zero-order valence-electron chi connectivity index (χ0n) is 13.2. The Hall–Kier alpha value is -0.650. The third-order valence-corrected chi connectivity index (χ3v) is 5.23. The summed E-state index contributed by atoms with van der Waals surface area (Å²) < 4.78 is 0. The fraction of sp³-hybridized carbons (Fsp3) is 0.933. The van der Waals surface area contributed by atoms with E-state index >= 15 is 0 Å². The lowest BCUT2D eigenvalue weighted by Gasteiger charge is -2.37. The SMILES string of the molecule is CNC1(C(N)=O)CCC(N2CCC(CN(C)C)CC2)C1. The smallest absolute Gasteiger partial charge is 0.237 e. The van der Waals surface area contributed by atoms with Gasteiger partial charge in [-0.15, -0.1) is 0 Å². The maximum Gasteiger partial charge on any atom is 0.237 e. The van der Waals surface area contributed by atoms with Crippen LogP contribution in [0.4, 0.5) is 0 Å². The van der Waals surface area contributed by atoms with E-state index in [1.165, 1.54) is 32.5 Å². The van der Waals surface area contributed by atoms with Crippen LogP contribution in [0.25, 0.3) is 0 Å². The van der Waals surface area contributed by atoms with Gasteiger partial charge in [-0.1, -0.05) is 0 Å². The Morgan fingerprint density at radius 3 is 2.45 bits per heavy atom. The molecule has 1 saturated heterocycles. The first-order chi connectivity index (χ1) is 9.47. The van der Waals surface area contributed by atoms with Crippen LogP contribution in [-0.2, 0) is 4.79 Å². The number of amides is 1. The third-order valence-electron chi connectivity index (χ3n) is 5.23. The Balaban J connectivity index is 1.85. The highest BCUT2D eigenvalue weighted by molar-refractivity contribution is 5.85. The van der Waals surface area contributed by atoms with E-state index in [0.29, 0.717) is 6.04 Å². The molecule has 1 heterocycles. The fourth-order valence-corrected chi connectivity index (χ4v) is 3.92. The fourth-order valence-electron chi connectivity index (χ4n) is 3.92. The van der Waals surface area contributed by atoms with Crippen molar-refractivity contribution in [1.82, 2.24) is 15.1 Å². The molecule has 1 saturated carbocycles. The van der Waals surface area contributed by atoms with Gasteiger partial charge in [0.1, 0.15) is 0 Å². The van der Waals surface area contributed by atoms with Gasteiger partial charge in [0.15, 0.2) is 0 Å². The van der Waals surface area contributed by atoms with Gasteiger partial charge in [-0.25, -0.2) is 0 Å². The van der Waals surface area contributed by atoms with Crippen LogP contribution in [0.3, 0.4) is 0 Å². The van der Waals surface area contributed by atoms with Gasteiger partial charge in [-0.05, 0) is 72.3 Å². The Labute approximate surface area is 122 Å². The van der Waals surface area contributed by atoms with Crippen molar-refractivity contribution in [1.29, 1.82) is 0 Å². The molecule has 2 fully saturated rings. The van der Waals surface area contributed by atoms with E-state index in [-0.39, 0.29) is 5.91 Å². The molecule has 5 heteroatoms. The van der Waals surface area contributed by atoms with Gasteiger partial charge in [0.25, 0.3) is 0 Å². The summed E-state index contributed by atoms with van der Waals surface area (Å²) in [4.78, 5) is 16.6. The summed E-state index contributed by atoms with van der Waals surface area (Å²) in [5.74, 6) is 0.637. The van der Waals surface area contributed by atoms with Crippen molar-refractivity contribution in [2.75, 3.05) is 40.8 Å². The van der Waals surface area contributed by atoms with Crippen LogP contribution in [0.2, 0.25) is 0 Å². The van der Waals surface area contributed by atoms with Crippen molar-refractivity contribution in [3.8, 4) is 0 Å². The lowest BCUT2D eigenvalue weighted by atomic mass is 9.93. The molecule has 0 bridgehead atoms. The molecule has 0 spiro atoms. The van der Waals surface area contributed by atoms with Crippen LogP contribution < -0.4 is 11.1 Å². The zero-order chi connectivity index (χ0) is 14.8. The molecule has 1 aliphatic carbocycles. The number of likely N-dealkylation sites (N-methyl/N-ethyl adjacent to an activating group) is 1. The van der Waals surface area contributed by atoms with Gasteiger partial charge in [-0.3, -0.25) is 4.79 Å². The van der Waals surface area contributed by atoms with Gasteiger partial charge in [0, 0.05) is 12.6 Å². The summed E-state index contributed by atoms with van der Waals surface area (Å²) in [6.45, 7) is 3.53. The first-order valence-electron chi connectivity index (χ1n) is 7.84. The summed E-state index contributed by atoms with van der Waals surface area (Å²) in [6.07, 6.45) is 5.38. The Kier molecular flexibility index (Phi) is 5.04. The normalized spacial score (nSPS) is 32.9. The number of primary amides is 1. The van der Waals surface area contributed by atoms with Crippen LogP contribution in [-0.4, -0.2) is 68.1 Å². The maximum absolute atomic E-state index is 11.7. The second-order valence-electron chi connectivity index (χ2n) is 6.83. The molecule has 0 radical (unpaired) electrons. The van der Waals surface area contributed by atoms with Gasteiger partial charge in [0.2, 0.25) is 5.91 Å². The summed E-state index contributed by atoms with van der Waals surface area (Å²) in [6, 6.07) is 0.523. The van der Waals surface area contributed by atoms with Crippen molar-refractivity contribution in [2.24, 2.45) is 11.7 Å². The van der Waals surface area contributed by atoms with E-state index in [2.05, 4.69) is 29.2 Å². The van der Waals surface area contributed by atoms with E-state index in [0.717, 1.165) is 25.2 Å². The molecule has 0 aromatic heterocycles. The molecule has 116 valence electrons. The zero-order valence-corrected chi connectivity index (χ0v) is 13.2. The van der Waals surface area contributed by atoms with Crippen LogP contribution >= 0.6 is 0 Å². The second kappa shape index (κ2) is 6.41. The Morgan fingerprint density at radius 2 is 2.00 bits per heavy atom. The average Bonchev–Trinajstić information content (AvgIpc) is 2.85. The van der Waals surface area contributed by atoms with Gasteiger partial charge in [-0.2, -0.15) is 0 Å². The minimum absolute atomic E-state index is 0.190. The van der Waals surface area contributed by atoms with E-state index in [9.17, 15) is 4.79 Å². The van der Waals surface area contributed by atoms with Crippen molar-refractivity contribution in [3.63, 3.8) is 0 Å². The number of nitrogens with two attached hydrogens (primary N) is 1. The van der Waals surface area contributed by atoms with Crippen LogP contribution in [0.1, 0.15) is 32.1 Å². The van der Waals surface area contributed by atoms with Crippen molar-refractivity contribution in [2.45, 2.75) is 43.7 Å². The standard InChI is InChI=1S/C15H30N4O/c1-17-15(14(16)20)7-4-13(10-15)19-8-5-12(6-9-19)11-18(2)3/h12-13,17H,4-11H2,1-3H3,(H2,16,20). The predicted octanol–water partition coefficient (Wildman–Crippen LogP) is 0.256. The van der Waals surface area contributed by atoms with Crippen molar-refractivity contribution < 1.29 is 4.79 Å². The molecule has 2 atom stereocenters. The van der Waals surface area contributed by atoms with E-state index in [1.807, 2.05) is 7.05 Å². The molecule has 0 aromatic carbocycles. The summed E-state index contributed by atoms with van der Waals surface area (Å²) in [5, 5.41) is 3.17. The molecule has 0 aromatic rings. The predicted molar refractivity (Wildman–Crippen MR) is 81.5 cm³/mol. The molecule has 20 heavy (non-hydrogen) atoms. The number of likely N-dealkylation sites (tertiary alicyclic amines) is 1. The number of hydrogen-bond donors (Lipinski definition) is 2. The Morgan fingerprint density at radius 1 is 1.35 bits per heavy atom. The number of piperidine rings is 1. The highest BCUT2D eigenvalue weighted by atomic mass is 16.1. The molecule has 2 unspecified atom stereocenters. The maximum atomic E-state index is 11.7. The second-order valence-corrected chi connectivity index (χ2v) is 6.83. The van der Waals surface area contributed by atoms with Gasteiger partial charge >= 0.3 is 0 Å². The monoisotopic (exact) mass is 282 g/mol. The van der Waals surface area contributed by atoms with E-state index in [4.69, 9.17) is 5.73 Å². The van der Waals surface area contributed by atoms with Gasteiger partial charge < -0.3 is 20.9 Å². The minimum atomic E-state index is -0.467. The highest BCUT2D eigenvalue weighted by Crippen LogP contribution is 2.34. The number of rotatable bonds is 5. The van der Waals surface area contributed by atoms with Crippen molar-refractivity contribution >= 4 is 5.91 Å². The molecule has 3 N–H and O–H groups in total. The van der Waals surface area contributed by atoms with Crippen molar-refractivity contribution in [3.05, 3.63) is 0 Å². The lowest BCUT2D eigenvalue weighted by molar-refractivity contribution is -0.124. The number of carbonyl (C=O) groups excluding carboxylic acids is 1. The average molecular weight is 282 g/mol. The number of nitrogens with one attached hydrogen (secondary N) is 1. The van der Waals surface area contributed by atoms with Crippen LogP contribution in [0.15, 0.2) is 0 Å². The third kappa shape index (κ3) is 3.32. The lowest BCUT2D eigenvalue weighted by Crippen LogP contribution is -2.53. The first kappa shape index (κ1) is 15.7. The number of nitrogens with zero attached hydrogens (tertiary/aromatic N) is 2. The molecular weight excluding hydrogens is 252 g/mol. The van der Waals surface area contributed by atoms with Crippen LogP contribution in [0.5, 0.6) is 0 Å². The summed E-state index contributed by atoms with van der Waals surface area (Å²) in [7, 11) is 6.16.